The summed E-state index contributed by atoms with van der Waals surface area (Å²) in [7, 11) is 0. The second-order valence-corrected chi connectivity index (χ2v) is 4.78. The number of halogens is 1. The molecule has 0 amide bonds. The van der Waals surface area contributed by atoms with Crippen molar-refractivity contribution in [2.24, 2.45) is 5.73 Å². The van der Waals surface area contributed by atoms with Gasteiger partial charge in [0, 0.05) is 0 Å². The molecule has 0 spiro atoms. The van der Waals surface area contributed by atoms with E-state index in [1.54, 1.807) is 12.1 Å². The van der Waals surface area contributed by atoms with Gasteiger partial charge in [-0.25, -0.2) is 4.39 Å². The first-order valence-corrected chi connectivity index (χ1v) is 6.58. The van der Waals surface area contributed by atoms with E-state index in [2.05, 4.69) is 0 Å². The molecule has 2 aromatic carbocycles. The van der Waals surface area contributed by atoms with E-state index in [0.29, 0.717) is 6.42 Å². The van der Waals surface area contributed by atoms with Crippen molar-refractivity contribution in [2.45, 2.75) is 18.9 Å². The standard InChI is InChI=1S/C17H14FN3/c18-17-9-14(6-7-15(17)10-19)13-4-1-12(2-5-13)3-8-16(21)11-20/h1-2,4-7,9,16H,3,8,21H2. The minimum absolute atomic E-state index is 0.0425. The van der Waals surface area contributed by atoms with Crippen LogP contribution in [0.15, 0.2) is 42.5 Å². The van der Waals surface area contributed by atoms with Gasteiger partial charge in [0.25, 0.3) is 0 Å². The summed E-state index contributed by atoms with van der Waals surface area (Å²) in [5, 5.41) is 17.4. The molecule has 2 rings (SSSR count). The number of aryl methyl sites for hydroxylation is 1. The molecule has 0 aliphatic carbocycles. The molecule has 0 radical (unpaired) electrons. The van der Waals surface area contributed by atoms with Gasteiger partial charge in [0.1, 0.15) is 11.9 Å². The lowest BCUT2D eigenvalue weighted by atomic mass is 10.00. The Morgan fingerprint density at radius 2 is 1.71 bits per heavy atom. The largest absolute Gasteiger partial charge is 0.316 e. The van der Waals surface area contributed by atoms with Gasteiger partial charge in [0.2, 0.25) is 0 Å². The maximum atomic E-state index is 13.6. The molecule has 2 aromatic rings. The Morgan fingerprint density at radius 1 is 1.05 bits per heavy atom. The van der Waals surface area contributed by atoms with Crippen LogP contribution >= 0.6 is 0 Å². The Bertz CT molecular complexity index is 708. The number of nitriles is 2. The molecule has 0 aliphatic rings. The molecule has 21 heavy (non-hydrogen) atoms. The van der Waals surface area contributed by atoms with E-state index in [-0.39, 0.29) is 5.56 Å². The fraction of sp³-hybridized carbons (Fsp3) is 0.176. The highest BCUT2D eigenvalue weighted by atomic mass is 19.1. The molecule has 3 nitrogen and oxygen atoms in total. The monoisotopic (exact) mass is 279 g/mol. The summed E-state index contributed by atoms with van der Waals surface area (Å²) >= 11 is 0. The van der Waals surface area contributed by atoms with E-state index in [0.717, 1.165) is 23.1 Å². The van der Waals surface area contributed by atoms with Gasteiger partial charge >= 0.3 is 0 Å². The van der Waals surface area contributed by atoms with Gasteiger partial charge in [0.15, 0.2) is 0 Å². The van der Waals surface area contributed by atoms with E-state index in [1.807, 2.05) is 30.3 Å². The summed E-state index contributed by atoms with van der Waals surface area (Å²) in [6.07, 6.45) is 1.35. The number of rotatable bonds is 4. The van der Waals surface area contributed by atoms with Gasteiger partial charge in [-0.05, 0) is 41.7 Å². The second kappa shape index (κ2) is 6.65. The number of nitrogens with zero attached hydrogens (tertiary/aromatic N) is 2. The lowest BCUT2D eigenvalue weighted by Crippen LogP contribution is -2.17. The SMILES string of the molecule is N#Cc1ccc(-c2ccc(CCC(N)C#N)cc2)cc1F. The average molecular weight is 279 g/mol. The van der Waals surface area contributed by atoms with Crippen LogP contribution in [0, 0.1) is 28.5 Å². The van der Waals surface area contributed by atoms with Crippen LogP contribution in [-0.4, -0.2) is 6.04 Å². The molecular weight excluding hydrogens is 265 g/mol. The van der Waals surface area contributed by atoms with Crippen LogP contribution in [0.2, 0.25) is 0 Å². The maximum Gasteiger partial charge on any atom is 0.141 e. The first kappa shape index (κ1) is 14.7. The molecule has 104 valence electrons. The first-order valence-electron chi connectivity index (χ1n) is 6.58. The number of hydrogen-bond acceptors (Lipinski definition) is 3. The molecule has 4 heteroatoms. The molecule has 1 atom stereocenters. The first-order chi connectivity index (χ1) is 10.1. The van der Waals surface area contributed by atoms with Crippen LogP contribution in [0.1, 0.15) is 17.5 Å². The lowest BCUT2D eigenvalue weighted by Gasteiger charge is -2.06. The normalized spacial score (nSPS) is 11.4. The van der Waals surface area contributed by atoms with Crippen molar-refractivity contribution in [3.05, 3.63) is 59.4 Å². The highest BCUT2D eigenvalue weighted by Crippen LogP contribution is 2.22. The molecule has 1 unspecified atom stereocenters. The fourth-order valence-corrected chi connectivity index (χ4v) is 2.04. The quantitative estimate of drug-likeness (QED) is 0.934. The van der Waals surface area contributed by atoms with Crippen LogP contribution in [0.3, 0.4) is 0 Å². The lowest BCUT2D eigenvalue weighted by molar-refractivity contribution is 0.624. The van der Waals surface area contributed by atoms with Gasteiger partial charge in [-0.2, -0.15) is 10.5 Å². The summed E-state index contributed by atoms with van der Waals surface area (Å²) in [4.78, 5) is 0. The minimum Gasteiger partial charge on any atom is -0.316 e. The van der Waals surface area contributed by atoms with Crippen molar-refractivity contribution in [1.82, 2.24) is 0 Å². The zero-order valence-electron chi connectivity index (χ0n) is 11.4. The summed E-state index contributed by atoms with van der Waals surface area (Å²) in [6, 6.07) is 15.6. The summed E-state index contributed by atoms with van der Waals surface area (Å²) in [5.74, 6) is -0.515. The highest BCUT2D eigenvalue weighted by Gasteiger charge is 2.05. The van der Waals surface area contributed by atoms with Crippen LogP contribution < -0.4 is 5.73 Å². The number of nitrogens with two attached hydrogens (primary N) is 1. The van der Waals surface area contributed by atoms with Crippen molar-refractivity contribution < 1.29 is 4.39 Å². The molecule has 0 heterocycles. The van der Waals surface area contributed by atoms with Crippen molar-refractivity contribution in [2.75, 3.05) is 0 Å². The zero-order chi connectivity index (χ0) is 15.2. The molecule has 2 N–H and O–H groups in total. The zero-order valence-corrected chi connectivity index (χ0v) is 11.4. The average Bonchev–Trinajstić information content (AvgIpc) is 2.53. The summed E-state index contributed by atoms with van der Waals surface area (Å²) in [6.45, 7) is 0. The van der Waals surface area contributed by atoms with Gasteiger partial charge < -0.3 is 5.73 Å². The van der Waals surface area contributed by atoms with Crippen molar-refractivity contribution in [3.8, 4) is 23.3 Å². The van der Waals surface area contributed by atoms with Gasteiger partial charge in [-0.3, -0.25) is 0 Å². The Hall–Kier alpha value is -2.69. The Balaban J connectivity index is 2.14. The highest BCUT2D eigenvalue weighted by molar-refractivity contribution is 5.64. The van der Waals surface area contributed by atoms with Crippen molar-refractivity contribution in [1.29, 1.82) is 10.5 Å². The Morgan fingerprint density at radius 3 is 2.29 bits per heavy atom. The van der Waals surface area contributed by atoms with E-state index < -0.39 is 11.9 Å². The van der Waals surface area contributed by atoms with Crippen molar-refractivity contribution >= 4 is 0 Å². The van der Waals surface area contributed by atoms with E-state index in [9.17, 15) is 4.39 Å². The smallest absolute Gasteiger partial charge is 0.141 e. The Kier molecular flexibility index (Phi) is 4.66. The predicted octanol–water partition coefficient (Wildman–Crippen LogP) is 3.15. The number of benzene rings is 2. The fourth-order valence-electron chi connectivity index (χ4n) is 2.04. The van der Waals surface area contributed by atoms with E-state index in [1.165, 1.54) is 12.1 Å². The van der Waals surface area contributed by atoms with Crippen molar-refractivity contribution in [3.63, 3.8) is 0 Å². The molecule has 0 aliphatic heterocycles. The molecule has 0 aromatic heterocycles. The topological polar surface area (TPSA) is 73.6 Å². The van der Waals surface area contributed by atoms with Crippen LogP contribution in [0.4, 0.5) is 4.39 Å². The van der Waals surface area contributed by atoms with E-state index >= 15 is 0 Å². The second-order valence-electron chi connectivity index (χ2n) is 4.78. The third-order valence-electron chi connectivity index (χ3n) is 3.29. The van der Waals surface area contributed by atoms with Gasteiger partial charge in [0.05, 0.1) is 17.7 Å². The van der Waals surface area contributed by atoms with Crippen LogP contribution in [0.5, 0.6) is 0 Å². The van der Waals surface area contributed by atoms with Gasteiger partial charge in [-0.15, -0.1) is 0 Å². The maximum absolute atomic E-state index is 13.6. The number of hydrogen-bond donors (Lipinski definition) is 1. The van der Waals surface area contributed by atoms with E-state index in [4.69, 9.17) is 16.3 Å². The molecule has 0 saturated heterocycles. The molecule has 0 bridgehead atoms. The van der Waals surface area contributed by atoms with Gasteiger partial charge in [-0.1, -0.05) is 30.3 Å². The summed E-state index contributed by atoms with van der Waals surface area (Å²) in [5.41, 5.74) is 8.29. The molecule has 0 fully saturated rings. The molecule has 0 saturated carbocycles. The van der Waals surface area contributed by atoms with Crippen LogP contribution in [0.25, 0.3) is 11.1 Å². The Labute approximate surface area is 123 Å². The minimum atomic E-state index is -0.515. The molecular formula is C17H14FN3. The third-order valence-corrected chi connectivity index (χ3v) is 3.29. The van der Waals surface area contributed by atoms with Crippen LogP contribution in [-0.2, 0) is 6.42 Å². The third kappa shape index (κ3) is 3.66. The predicted molar refractivity (Wildman–Crippen MR) is 78.5 cm³/mol. The summed E-state index contributed by atoms with van der Waals surface area (Å²) < 4.78 is 13.6.